The van der Waals surface area contributed by atoms with Gasteiger partial charge in [0.25, 0.3) is 0 Å². The lowest BCUT2D eigenvalue weighted by Crippen LogP contribution is -2.43. The van der Waals surface area contributed by atoms with Crippen molar-refractivity contribution < 1.29 is 18.0 Å². The summed E-state index contributed by atoms with van der Waals surface area (Å²) in [6.45, 7) is 1.74. The van der Waals surface area contributed by atoms with E-state index in [0.717, 1.165) is 25.7 Å². The normalized spacial score (nSPS) is 24.8. The molecule has 1 atom stereocenters. The number of sulfone groups is 1. The van der Waals surface area contributed by atoms with Crippen molar-refractivity contribution >= 4 is 21.7 Å². The van der Waals surface area contributed by atoms with Crippen LogP contribution >= 0.6 is 0 Å². The highest BCUT2D eigenvalue weighted by molar-refractivity contribution is 7.91. The van der Waals surface area contributed by atoms with Crippen LogP contribution in [0.15, 0.2) is 0 Å². The second-order valence-corrected chi connectivity index (χ2v) is 9.00. The Hall–Kier alpha value is -1.11. The van der Waals surface area contributed by atoms with Crippen LogP contribution in [-0.2, 0) is 19.4 Å². The predicted molar refractivity (Wildman–Crippen MR) is 88.7 cm³/mol. The molecule has 2 fully saturated rings. The molecule has 0 aromatic rings. The Balaban J connectivity index is 1.81. The molecule has 0 bridgehead atoms. The topological polar surface area (TPSA) is 83.6 Å². The molecule has 6 nitrogen and oxygen atoms in total. The molecule has 2 aliphatic rings. The first-order valence-corrected chi connectivity index (χ1v) is 10.5. The molecule has 1 saturated heterocycles. The summed E-state index contributed by atoms with van der Waals surface area (Å²) in [5.74, 6) is -0.0367. The highest BCUT2D eigenvalue weighted by atomic mass is 32.2. The molecule has 1 aliphatic heterocycles. The van der Waals surface area contributed by atoms with Crippen LogP contribution in [0.25, 0.3) is 0 Å². The van der Waals surface area contributed by atoms with E-state index in [4.69, 9.17) is 0 Å². The molecule has 7 heteroatoms. The summed E-state index contributed by atoms with van der Waals surface area (Å²) in [7, 11) is -3.03. The van der Waals surface area contributed by atoms with Gasteiger partial charge in [0.15, 0.2) is 9.84 Å². The van der Waals surface area contributed by atoms with Crippen LogP contribution in [0.1, 0.15) is 58.3 Å². The van der Waals surface area contributed by atoms with E-state index in [1.165, 1.54) is 19.8 Å². The van der Waals surface area contributed by atoms with E-state index in [0.29, 0.717) is 13.0 Å². The maximum Gasteiger partial charge on any atom is 0.221 e. The Morgan fingerprint density at radius 2 is 1.74 bits per heavy atom. The van der Waals surface area contributed by atoms with Gasteiger partial charge in [0, 0.05) is 32.0 Å². The first-order valence-electron chi connectivity index (χ1n) is 8.64. The quantitative estimate of drug-likeness (QED) is 0.761. The molecule has 1 N–H and O–H groups in total. The van der Waals surface area contributed by atoms with Crippen molar-refractivity contribution in [1.82, 2.24) is 10.2 Å². The number of carbonyl (C=O) groups excluding carboxylic acids is 2. The monoisotopic (exact) mass is 344 g/mol. The third kappa shape index (κ3) is 5.79. The van der Waals surface area contributed by atoms with Gasteiger partial charge in [-0.05, 0) is 19.3 Å². The Morgan fingerprint density at radius 1 is 1.09 bits per heavy atom. The molecule has 0 aromatic carbocycles. The predicted octanol–water partition coefficient (Wildman–Crippen LogP) is 1.25. The molecular formula is C16H28N2O4S. The number of amides is 2. The number of rotatable bonds is 5. The second kappa shape index (κ2) is 8.13. The van der Waals surface area contributed by atoms with E-state index in [1.54, 1.807) is 4.90 Å². The van der Waals surface area contributed by atoms with Gasteiger partial charge in [-0.2, -0.15) is 0 Å². The van der Waals surface area contributed by atoms with Gasteiger partial charge >= 0.3 is 0 Å². The summed E-state index contributed by atoms with van der Waals surface area (Å²) in [6.07, 6.45) is 7.57. The molecule has 1 aliphatic carbocycles. The molecule has 1 heterocycles. The molecular weight excluding hydrogens is 316 g/mol. The SMILES string of the molecule is CC(=O)N(CCC(=O)NC1CCCCCC1)C1CCS(=O)(=O)C1. The highest BCUT2D eigenvalue weighted by Gasteiger charge is 2.33. The first kappa shape index (κ1) is 18.2. The number of nitrogens with one attached hydrogen (secondary N) is 1. The largest absolute Gasteiger partial charge is 0.353 e. The van der Waals surface area contributed by atoms with Crippen molar-refractivity contribution in [3.05, 3.63) is 0 Å². The smallest absolute Gasteiger partial charge is 0.221 e. The van der Waals surface area contributed by atoms with Gasteiger partial charge < -0.3 is 10.2 Å². The molecule has 1 saturated carbocycles. The Morgan fingerprint density at radius 3 is 2.26 bits per heavy atom. The fourth-order valence-corrected chi connectivity index (χ4v) is 5.29. The fourth-order valence-electron chi connectivity index (χ4n) is 3.56. The lowest BCUT2D eigenvalue weighted by Gasteiger charge is -2.27. The summed E-state index contributed by atoms with van der Waals surface area (Å²) in [6, 6.07) is -0.0224. The lowest BCUT2D eigenvalue weighted by molar-refractivity contribution is -0.131. The van der Waals surface area contributed by atoms with Crippen LogP contribution < -0.4 is 5.32 Å². The summed E-state index contributed by atoms with van der Waals surface area (Å²) in [5, 5.41) is 3.06. The Bertz CT molecular complexity index is 524. The summed E-state index contributed by atoms with van der Waals surface area (Å²) in [5.41, 5.74) is 0. The minimum absolute atomic E-state index is 0.0246. The number of hydrogen-bond acceptors (Lipinski definition) is 4. The highest BCUT2D eigenvalue weighted by Crippen LogP contribution is 2.19. The summed E-state index contributed by atoms with van der Waals surface area (Å²) >= 11 is 0. The first-order chi connectivity index (χ1) is 10.9. The van der Waals surface area contributed by atoms with E-state index >= 15 is 0 Å². The maximum absolute atomic E-state index is 12.1. The Kier molecular flexibility index (Phi) is 6.44. The van der Waals surface area contributed by atoms with Crippen molar-refractivity contribution in [3.63, 3.8) is 0 Å². The summed E-state index contributed by atoms with van der Waals surface area (Å²) in [4.78, 5) is 25.5. The van der Waals surface area contributed by atoms with E-state index in [9.17, 15) is 18.0 Å². The zero-order chi connectivity index (χ0) is 16.9. The molecule has 0 aromatic heterocycles. The van der Waals surface area contributed by atoms with Gasteiger partial charge in [0.2, 0.25) is 11.8 Å². The molecule has 1 unspecified atom stereocenters. The van der Waals surface area contributed by atoms with Crippen LogP contribution in [0, 0.1) is 0 Å². The number of nitrogens with zero attached hydrogens (tertiary/aromatic N) is 1. The molecule has 2 rings (SSSR count). The van der Waals surface area contributed by atoms with E-state index in [2.05, 4.69) is 5.32 Å². The average molecular weight is 344 g/mol. The van der Waals surface area contributed by atoms with Crippen LogP contribution in [0.2, 0.25) is 0 Å². The zero-order valence-electron chi connectivity index (χ0n) is 13.9. The van der Waals surface area contributed by atoms with Crippen molar-refractivity contribution in [2.45, 2.75) is 70.4 Å². The van der Waals surface area contributed by atoms with Crippen molar-refractivity contribution in [2.75, 3.05) is 18.1 Å². The fraction of sp³-hybridized carbons (Fsp3) is 0.875. The third-order valence-electron chi connectivity index (χ3n) is 4.85. The van der Waals surface area contributed by atoms with Crippen molar-refractivity contribution in [3.8, 4) is 0 Å². The van der Waals surface area contributed by atoms with Gasteiger partial charge in [-0.25, -0.2) is 8.42 Å². The van der Waals surface area contributed by atoms with Gasteiger partial charge in [0.05, 0.1) is 11.5 Å². The number of hydrogen-bond donors (Lipinski definition) is 1. The van der Waals surface area contributed by atoms with E-state index < -0.39 is 9.84 Å². The van der Waals surface area contributed by atoms with Gasteiger partial charge in [-0.3, -0.25) is 9.59 Å². The van der Waals surface area contributed by atoms with Crippen molar-refractivity contribution in [1.29, 1.82) is 0 Å². The van der Waals surface area contributed by atoms with Crippen LogP contribution in [0.5, 0.6) is 0 Å². The van der Waals surface area contributed by atoms with Gasteiger partial charge in [0.1, 0.15) is 0 Å². The number of carbonyl (C=O) groups is 2. The van der Waals surface area contributed by atoms with Crippen LogP contribution in [0.3, 0.4) is 0 Å². The molecule has 0 radical (unpaired) electrons. The lowest BCUT2D eigenvalue weighted by atomic mass is 10.1. The van der Waals surface area contributed by atoms with Crippen molar-refractivity contribution in [2.24, 2.45) is 0 Å². The maximum atomic E-state index is 12.1. The second-order valence-electron chi connectivity index (χ2n) is 6.78. The molecule has 0 spiro atoms. The standard InChI is InChI=1S/C16H28N2O4S/c1-13(19)18(15-9-11-23(21,22)12-15)10-8-16(20)17-14-6-4-2-3-5-7-14/h14-15H,2-12H2,1H3,(H,17,20). The van der Waals surface area contributed by atoms with Crippen LogP contribution in [0.4, 0.5) is 0 Å². The van der Waals surface area contributed by atoms with Crippen LogP contribution in [-0.4, -0.2) is 55.3 Å². The third-order valence-corrected chi connectivity index (χ3v) is 6.60. The van der Waals surface area contributed by atoms with E-state index in [1.807, 2.05) is 0 Å². The molecule has 23 heavy (non-hydrogen) atoms. The Labute approximate surface area is 138 Å². The van der Waals surface area contributed by atoms with Gasteiger partial charge in [-0.1, -0.05) is 25.7 Å². The van der Waals surface area contributed by atoms with E-state index in [-0.39, 0.29) is 41.8 Å². The summed E-state index contributed by atoms with van der Waals surface area (Å²) < 4.78 is 23.2. The van der Waals surface area contributed by atoms with Gasteiger partial charge in [-0.15, -0.1) is 0 Å². The minimum Gasteiger partial charge on any atom is -0.353 e. The average Bonchev–Trinajstić information content (AvgIpc) is 2.67. The molecule has 132 valence electrons. The zero-order valence-corrected chi connectivity index (χ0v) is 14.7. The molecule has 2 amide bonds. The minimum atomic E-state index is -3.03.